The van der Waals surface area contributed by atoms with E-state index in [1.54, 1.807) is 0 Å². The maximum absolute atomic E-state index is 10.6. The Bertz CT molecular complexity index is 348. The molecular formula is C11H18Cl2N2O2. The average molecular weight is 281 g/mol. The van der Waals surface area contributed by atoms with Gasteiger partial charge in [0.15, 0.2) is 0 Å². The van der Waals surface area contributed by atoms with Crippen molar-refractivity contribution >= 4 is 36.5 Å². The predicted molar refractivity (Wildman–Crippen MR) is 74.4 cm³/mol. The zero-order valence-corrected chi connectivity index (χ0v) is 11.2. The molecule has 6 heteroatoms. The third kappa shape index (κ3) is 6.36. The van der Waals surface area contributed by atoms with Crippen LogP contribution in [0.15, 0.2) is 24.3 Å². The fourth-order valence-electron chi connectivity index (χ4n) is 1.35. The Kier molecular flexibility index (Phi) is 9.85. The van der Waals surface area contributed by atoms with Crippen molar-refractivity contribution in [1.82, 2.24) is 0 Å². The molecule has 98 valence electrons. The first-order chi connectivity index (χ1) is 7.13. The Hall–Kier alpha value is -0.970. The summed E-state index contributed by atoms with van der Waals surface area (Å²) in [5, 5.41) is 11.8. The standard InChI is InChI=1S/C11H16N2O2.2ClH/c1-2-13-9-5-3-4-8(6-9)7-10(12)11(14)15;;/h3-6,10,13H,2,7,12H2,1H3,(H,14,15);2*1H/t10-;;/m0../s1. The highest BCUT2D eigenvalue weighted by molar-refractivity contribution is 5.85. The second-order valence-electron chi connectivity index (χ2n) is 3.38. The summed E-state index contributed by atoms with van der Waals surface area (Å²) in [6.45, 7) is 2.85. The molecule has 0 aliphatic rings. The van der Waals surface area contributed by atoms with Gasteiger partial charge in [-0.3, -0.25) is 4.79 Å². The van der Waals surface area contributed by atoms with Crippen LogP contribution in [-0.4, -0.2) is 23.7 Å². The average Bonchev–Trinajstić information content (AvgIpc) is 2.18. The van der Waals surface area contributed by atoms with Crippen LogP contribution in [0.1, 0.15) is 12.5 Å². The first-order valence-electron chi connectivity index (χ1n) is 4.94. The first-order valence-corrected chi connectivity index (χ1v) is 4.94. The molecule has 0 saturated carbocycles. The molecule has 0 aromatic heterocycles. The lowest BCUT2D eigenvalue weighted by Crippen LogP contribution is -2.32. The zero-order valence-electron chi connectivity index (χ0n) is 9.55. The van der Waals surface area contributed by atoms with Gasteiger partial charge in [-0.15, -0.1) is 24.8 Å². The molecule has 0 bridgehead atoms. The molecule has 0 spiro atoms. The number of anilines is 1. The summed E-state index contributed by atoms with van der Waals surface area (Å²) in [6.07, 6.45) is 0.356. The van der Waals surface area contributed by atoms with Gasteiger partial charge < -0.3 is 16.2 Å². The molecule has 0 saturated heterocycles. The number of carbonyl (C=O) groups is 1. The molecule has 0 aliphatic carbocycles. The van der Waals surface area contributed by atoms with E-state index >= 15 is 0 Å². The second kappa shape index (κ2) is 9.10. The monoisotopic (exact) mass is 280 g/mol. The zero-order chi connectivity index (χ0) is 11.3. The normalized spacial score (nSPS) is 10.7. The van der Waals surface area contributed by atoms with E-state index in [0.29, 0.717) is 6.42 Å². The highest BCUT2D eigenvalue weighted by Crippen LogP contribution is 2.11. The van der Waals surface area contributed by atoms with Gasteiger partial charge in [0.25, 0.3) is 0 Å². The van der Waals surface area contributed by atoms with E-state index in [9.17, 15) is 4.79 Å². The van der Waals surface area contributed by atoms with Crippen LogP contribution in [0.5, 0.6) is 0 Å². The number of hydrogen-bond acceptors (Lipinski definition) is 3. The van der Waals surface area contributed by atoms with E-state index in [-0.39, 0.29) is 24.8 Å². The Labute approximate surface area is 113 Å². The second-order valence-corrected chi connectivity index (χ2v) is 3.38. The van der Waals surface area contributed by atoms with E-state index < -0.39 is 12.0 Å². The van der Waals surface area contributed by atoms with Crippen LogP contribution >= 0.6 is 24.8 Å². The van der Waals surface area contributed by atoms with Crippen LogP contribution in [0.2, 0.25) is 0 Å². The van der Waals surface area contributed by atoms with Crippen molar-refractivity contribution in [2.75, 3.05) is 11.9 Å². The van der Waals surface area contributed by atoms with Crippen LogP contribution in [0.3, 0.4) is 0 Å². The maximum Gasteiger partial charge on any atom is 0.320 e. The number of rotatable bonds is 5. The van der Waals surface area contributed by atoms with Gasteiger partial charge in [0.05, 0.1) is 0 Å². The molecule has 1 aromatic rings. The van der Waals surface area contributed by atoms with Crippen molar-refractivity contribution in [1.29, 1.82) is 0 Å². The van der Waals surface area contributed by atoms with Gasteiger partial charge in [-0.1, -0.05) is 12.1 Å². The molecule has 1 rings (SSSR count). The Balaban J connectivity index is 0. The number of carboxylic acids is 1. The molecule has 0 aliphatic heterocycles. The molecule has 0 radical (unpaired) electrons. The summed E-state index contributed by atoms with van der Waals surface area (Å²) in [4.78, 5) is 10.6. The van der Waals surface area contributed by atoms with Crippen molar-refractivity contribution in [2.24, 2.45) is 5.73 Å². The lowest BCUT2D eigenvalue weighted by atomic mass is 10.1. The number of aliphatic carboxylic acids is 1. The molecule has 0 heterocycles. The third-order valence-electron chi connectivity index (χ3n) is 2.08. The summed E-state index contributed by atoms with van der Waals surface area (Å²) >= 11 is 0. The molecule has 0 unspecified atom stereocenters. The Morgan fingerprint density at radius 3 is 2.65 bits per heavy atom. The molecule has 4 nitrogen and oxygen atoms in total. The van der Waals surface area contributed by atoms with E-state index in [1.165, 1.54) is 0 Å². The van der Waals surface area contributed by atoms with Crippen molar-refractivity contribution < 1.29 is 9.90 Å². The molecule has 4 N–H and O–H groups in total. The maximum atomic E-state index is 10.6. The fourth-order valence-corrected chi connectivity index (χ4v) is 1.35. The summed E-state index contributed by atoms with van der Waals surface area (Å²) < 4.78 is 0. The summed E-state index contributed by atoms with van der Waals surface area (Å²) in [6, 6.07) is 6.80. The highest BCUT2D eigenvalue weighted by atomic mass is 35.5. The van der Waals surface area contributed by atoms with Gasteiger partial charge in [0, 0.05) is 12.2 Å². The third-order valence-corrected chi connectivity index (χ3v) is 2.08. The van der Waals surface area contributed by atoms with E-state index in [0.717, 1.165) is 17.8 Å². The molecular weight excluding hydrogens is 263 g/mol. The smallest absolute Gasteiger partial charge is 0.320 e. The minimum Gasteiger partial charge on any atom is -0.480 e. The summed E-state index contributed by atoms with van der Waals surface area (Å²) in [7, 11) is 0. The van der Waals surface area contributed by atoms with Crippen LogP contribution in [0.25, 0.3) is 0 Å². The minimum atomic E-state index is -0.969. The van der Waals surface area contributed by atoms with Crippen molar-refractivity contribution in [3.8, 4) is 0 Å². The number of halogens is 2. The Morgan fingerprint density at radius 1 is 1.47 bits per heavy atom. The lowest BCUT2D eigenvalue weighted by molar-refractivity contribution is -0.138. The van der Waals surface area contributed by atoms with Gasteiger partial charge >= 0.3 is 5.97 Å². The molecule has 1 aromatic carbocycles. The van der Waals surface area contributed by atoms with Gasteiger partial charge in [-0.25, -0.2) is 0 Å². The number of nitrogens with two attached hydrogens (primary N) is 1. The van der Waals surface area contributed by atoms with Crippen LogP contribution in [0, 0.1) is 0 Å². The van der Waals surface area contributed by atoms with Crippen molar-refractivity contribution in [3.05, 3.63) is 29.8 Å². The lowest BCUT2D eigenvalue weighted by Gasteiger charge is -2.08. The minimum absolute atomic E-state index is 0. The molecule has 17 heavy (non-hydrogen) atoms. The number of carboxylic acid groups (broad SMARTS) is 1. The number of hydrogen-bond donors (Lipinski definition) is 3. The molecule has 0 fully saturated rings. The van der Waals surface area contributed by atoms with Crippen molar-refractivity contribution in [3.63, 3.8) is 0 Å². The Morgan fingerprint density at radius 2 is 2.12 bits per heavy atom. The first kappa shape index (κ1) is 18.4. The summed E-state index contributed by atoms with van der Waals surface area (Å²) in [5.74, 6) is -0.969. The fraction of sp³-hybridized carbons (Fsp3) is 0.364. The van der Waals surface area contributed by atoms with Gasteiger partial charge in [0.1, 0.15) is 6.04 Å². The van der Waals surface area contributed by atoms with E-state index in [4.69, 9.17) is 10.8 Å². The van der Waals surface area contributed by atoms with E-state index in [1.807, 2.05) is 31.2 Å². The summed E-state index contributed by atoms with van der Waals surface area (Å²) in [5.41, 5.74) is 7.38. The van der Waals surface area contributed by atoms with Crippen molar-refractivity contribution in [2.45, 2.75) is 19.4 Å². The van der Waals surface area contributed by atoms with E-state index in [2.05, 4.69) is 5.32 Å². The largest absolute Gasteiger partial charge is 0.480 e. The van der Waals surface area contributed by atoms with Crippen LogP contribution in [-0.2, 0) is 11.2 Å². The molecule has 0 amide bonds. The van der Waals surface area contributed by atoms with Gasteiger partial charge in [0.2, 0.25) is 0 Å². The quantitative estimate of drug-likeness (QED) is 0.770. The number of nitrogens with one attached hydrogen (secondary N) is 1. The van der Waals surface area contributed by atoms with Gasteiger partial charge in [-0.05, 0) is 31.0 Å². The SMILES string of the molecule is CCNc1cccc(C[C@H](N)C(=O)O)c1.Cl.Cl. The van der Waals surface area contributed by atoms with Crippen LogP contribution in [0.4, 0.5) is 5.69 Å². The number of benzene rings is 1. The van der Waals surface area contributed by atoms with Crippen LogP contribution < -0.4 is 11.1 Å². The topological polar surface area (TPSA) is 75.3 Å². The highest BCUT2D eigenvalue weighted by Gasteiger charge is 2.11. The van der Waals surface area contributed by atoms with Gasteiger partial charge in [-0.2, -0.15) is 0 Å². The molecule has 1 atom stereocenters. The predicted octanol–water partition coefficient (Wildman–Crippen LogP) is 1.92.